The standard InChI is InChI=1S/C19H30O4.C6H12O.C2H6.2C2H2.CH4O.CH4.H2O/c1-15-11-12-18(20)9-7-5-4-6-8-10-19(21)23-16(2)17(13-15)14-22-3;1-6-4-2-3-5-7-6;4*1-2;;/h11-13,16-17H,4-10,14H2,1-3H3;6H,2-5H2,1H3;1-2H3;2*1-2H;2H,1H3;1H4;1H2/b12-11+,15-13+;;;;;;;/t16-,17?;;;;;;;/m1......./s1. The van der Waals surface area contributed by atoms with Crippen molar-refractivity contribution < 1.29 is 34.4 Å². The highest BCUT2D eigenvalue weighted by Gasteiger charge is 2.19. The normalized spacial score (nSPS) is 23.1. The Hall–Kier alpha value is -2.42. The summed E-state index contributed by atoms with van der Waals surface area (Å²) in [6.07, 6.45) is 31.6. The van der Waals surface area contributed by atoms with E-state index in [9.17, 15) is 9.59 Å². The zero-order chi connectivity index (χ0) is 30.2. The van der Waals surface area contributed by atoms with Gasteiger partial charge >= 0.3 is 5.97 Å². The van der Waals surface area contributed by atoms with Crippen LogP contribution in [0.5, 0.6) is 0 Å². The van der Waals surface area contributed by atoms with Crippen molar-refractivity contribution >= 4 is 11.8 Å². The molecule has 1 fully saturated rings. The van der Waals surface area contributed by atoms with Crippen LogP contribution in [0.2, 0.25) is 0 Å². The summed E-state index contributed by atoms with van der Waals surface area (Å²) in [5.41, 5.74) is 0.982. The molecule has 3 atom stereocenters. The van der Waals surface area contributed by atoms with Crippen LogP contribution >= 0.6 is 0 Å². The van der Waals surface area contributed by atoms with Crippen LogP contribution in [-0.4, -0.2) is 62.0 Å². The molecule has 2 rings (SSSR count). The van der Waals surface area contributed by atoms with E-state index < -0.39 is 0 Å². The van der Waals surface area contributed by atoms with Crippen molar-refractivity contribution in [2.24, 2.45) is 5.92 Å². The number of carbonyl (C=O) groups excluding carboxylic acids is 2. The minimum atomic E-state index is -0.241. The summed E-state index contributed by atoms with van der Waals surface area (Å²) >= 11 is 0. The van der Waals surface area contributed by atoms with E-state index in [1.54, 1.807) is 13.2 Å². The summed E-state index contributed by atoms with van der Waals surface area (Å²) in [4.78, 5) is 23.7. The lowest BCUT2D eigenvalue weighted by Gasteiger charge is -2.21. The Balaban J connectivity index is -0.000000142. The fourth-order valence-corrected chi connectivity index (χ4v) is 3.57. The second kappa shape index (κ2) is 41.1. The van der Waals surface area contributed by atoms with E-state index in [-0.39, 0.29) is 36.7 Å². The van der Waals surface area contributed by atoms with Gasteiger partial charge in [0, 0.05) is 39.6 Å². The number of hydrogen-bond donors (Lipinski definition) is 1. The molecule has 0 amide bonds. The van der Waals surface area contributed by atoms with Gasteiger partial charge in [-0.25, -0.2) is 0 Å². The van der Waals surface area contributed by atoms with Crippen LogP contribution in [0.15, 0.2) is 23.8 Å². The summed E-state index contributed by atoms with van der Waals surface area (Å²) in [7, 11) is 2.63. The van der Waals surface area contributed by atoms with Gasteiger partial charge in [0.1, 0.15) is 6.10 Å². The first-order valence-electron chi connectivity index (χ1n) is 13.7. The molecule has 2 aliphatic heterocycles. The molecule has 0 saturated carbocycles. The highest BCUT2D eigenvalue weighted by Crippen LogP contribution is 2.16. The first-order valence-corrected chi connectivity index (χ1v) is 13.7. The fourth-order valence-electron chi connectivity index (χ4n) is 3.57. The van der Waals surface area contributed by atoms with Gasteiger partial charge in [-0.2, -0.15) is 0 Å². The molecule has 0 aliphatic carbocycles. The molecule has 0 spiro atoms. The molecule has 0 aromatic carbocycles. The van der Waals surface area contributed by atoms with E-state index in [0.717, 1.165) is 51.4 Å². The number of rotatable bonds is 2. The Kier molecular flexibility index (Phi) is 51.8. The third kappa shape index (κ3) is 33.6. The number of aliphatic hydroxyl groups is 1. The fraction of sp³-hybridized carbons (Fsp3) is 0.697. The molecule has 40 heavy (non-hydrogen) atoms. The monoisotopic (exact) mass is 570 g/mol. The second-order valence-electron chi connectivity index (χ2n) is 8.47. The third-order valence-electron chi connectivity index (χ3n) is 5.50. The van der Waals surface area contributed by atoms with Crippen LogP contribution in [0.25, 0.3) is 0 Å². The highest BCUT2D eigenvalue weighted by atomic mass is 16.5. The molecular weight excluding hydrogens is 508 g/mol. The smallest absolute Gasteiger partial charge is 0.306 e. The van der Waals surface area contributed by atoms with Crippen molar-refractivity contribution in [1.82, 2.24) is 0 Å². The Morgan fingerprint density at radius 2 is 1.43 bits per heavy atom. The molecule has 0 bridgehead atoms. The number of methoxy groups -OCH3 is 1. The number of ether oxygens (including phenoxy) is 3. The third-order valence-corrected chi connectivity index (χ3v) is 5.50. The van der Waals surface area contributed by atoms with Crippen LogP contribution in [0.1, 0.15) is 106 Å². The number of terminal acetylenes is 2. The molecule has 0 aromatic heterocycles. The van der Waals surface area contributed by atoms with Gasteiger partial charge in [0.25, 0.3) is 0 Å². The number of hydrogen-bond acceptors (Lipinski definition) is 6. The van der Waals surface area contributed by atoms with Crippen molar-refractivity contribution in [3.8, 4) is 25.7 Å². The quantitative estimate of drug-likeness (QED) is 0.299. The Labute approximate surface area is 247 Å². The number of carbonyl (C=O) groups is 2. The average Bonchev–Trinajstić information content (AvgIpc) is 2.95. The molecule has 2 heterocycles. The lowest BCUT2D eigenvalue weighted by Crippen LogP contribution is -2.26. The maximum absolute atomic E-state index is 11.9. The van der Waals surface area contributed by atoms with Crippen LogP contribution in [0, 0.1) is 31.6 Å². The van der Waals surface area contributed by atoms with Gasteiger partial charge in [0.15, 0.2) is 5.78 Å². The highest BCUT2D eigenvalue weighted by molar-refractivity contribution is 5.89. The molecule has 3 N–H and O–H groups in total. The number of aliphatic hydroxyl groups excluding tert-OH is 1. The number of esters is 1. The van der Waals surface area contributed by atoms with Crippen molar-refractivity contribution in [2.45, 2.75) is 118 Å². The van der Waals surface area contributed by atoms with Gasteiger partial charge in [0.2, 0.25) is 0 Å². The van der Waals surface area contributed by atoms with E-state index in [4.69, 9.17) is 19.3 Å². The van der Waals surface area contributed by atoms with Crippen molar-refractivity contribution in [2.75, 3.05) is 27.4 Å². The van der Waals surface area contributed by atoms with Gasteiger partial charge in [-0.05, 0) is 59.0 Å². The molecule has 7 heteroatoms. The van der Waals surface area contributed by atoms with Crippen molar-refractivity contribution in [3.05, 3.63) is 23.8 Å². The van der Waals surface area contributed by atoms with Crippen molar-refractivity contribution in [3.63, 3.8) is 0 Å². The number of allylic oxidation sites excluding steroid dienone is 3. The van der Waals surface area contributed by atoms with E-state index in [0.29, 0.717) is 25.6 Å². The summed E-state index contributed by atoms with van der Waals surface area (Å²) in [5, 5.41) is 7.00. The van der Waals surface area contributed by atoms with Crippen LogP contribution in [-0.2, 0) is 23.8 Å². The minimum Gasteiger partial charge on any atom is -0.462 e. The summed E-state index contributed by atoms with van der Waals surface area (Å²) < 4.78 is 16.0. The maximum Gasteiger partial charge on any atom is 0.306 e. The Morgan fingerprint density at radius 3 is 1.88 bits per heavy atom. The largest absolute Gasteiger partial charge is 0.462 e. The van der Waals surface area contributed by atoms with Crippen molar-refractivity contribution in [1.29, 1.82) is 0 Å². The number of cyclic esters (lactones) is 1. The van der Waals surface area contributed by atoms with E-state index in [2.05, 4.69) is 32.6 Å². The molecule has 0 radical (unpaired) electrons. The molecule has 7 nitrogen and oxygen atoms in total. The molecule has 0 aromatic rings. The predicted molar refractivity (Wildman–Crippen MR) is 170 cm³/mol. The van der Waals surface area contributed by atoms with E-state index in [1.165, 1.54) is 19.3 Å². The Bertz CT molecular complexity index is 623. The maximum atomic E-state index is 11.9. The van der Waals surface area contributed by atoms with Gasteiger partial charge in [-0.3, -0.25) is 9.59 Å². The van der Waals surface area contributed by atoms with E-state index in [1.807, 2.05) is 39.8 Å². The molecule has 2 unspecified atom stereocenters. The Morgan fingerprint density at radius 1 is 0.900 bits per heavy atom. The van der Waals surface area contributed by atoms with Crippen LogP contribution in [0.4, 0.5) is 0 Å². The molecule has 236 valence electrons. The van der Waals surface area contributed by atoms with Gasteiger partial charge < -0.3 is 24.8 Å². The SMILES string of the molecule is C.C#C.C#C.CC.CC1CCCCO1.CO.COCC1/C=C(C)/C=C/C(=O)CCCCCCCC(=O)O[C@@H]1C.O. The first kappa shape index (κ1) is 50.4. The van der Waals surface area contributed by atoms with Gasteiger partial charge in [0.05, 0.1) is 12.7 Å². The van der Waals surface area contributed by atoms with Crippen LogP contribution < -0.4 is 0 Å². The molecule has 1 saturated heterocycles. The lowest BCUT2D eigenvalue weighted by atomic mass is 10.0. The lowest BCUT2D eigenvalue weighted by molar-refractivity contribution is -0.150. The number of ketones is 1. The molecule has 2 aliphatic rings. The first-order chi connectivity index (χ1) is 18.4. The summed E-state index contributed by atoms with van der Waals surface area (Å²) in [5.74, 6) is 0.0201. The zero-order valence-corrected chi connectivity index (χ0v) is 25.7. The predicted octanol–water partition coefficient (Wildman–Crippen LogP) is 6.52. The zero-order valence-electron chi connectivity index (χ0n) is 25.7. The van der Waals surface area contributed by atoms with Gasteiger partial charge in [-0.1, -0.05) is 58.3 Å². The topological polar surface area (TPSA) is 114 Å². The molecular formula is C33H62O7. The average molecular weight is 571 g/mol. The minimum absolute atomic E-state index is 0. The van der Waals surface area contributed by atoms with Crippen LogP contribution in [0.3, 0.4) is 0 Å². The van der Waals surface area contributed by atoms with Gasteiger partial charge in [-0.15, -0.1) is 25.7 Å². The van der Waals surface area contributed by atoms with E-state index >= 15 is 0 Å². The summed E-state index contributed by atoms with van der Waals surface area (Å²) in [6.45, 7) is 11.4. The summed E-state index contributed by atoms with van der Waals surface area (Å²) in [6, 6.07) is 0. The second-order valence-corrected chi connectivity index (χ2v) is 8.47.